The molecule has 2 rings (SSSR count). The third-order valence-electron chi connectivity index (χ3n) is 3.56. The molecule has 0 bridgehead atoms. The minimum absolute atomic E-state index is 0.0937. The van der Waals surface area contributed by atoms with E-state index in [9.17, 15) is 22.8 Å². The molecule has 1 aromatic rings. The number of carbonyl (C=O) groups excluding carboxylic acids is 1. The van der Waals surface area contributed by atoms with Gasteiger partial charge in [-0.3, -0.25) is 9.69 Å². The number of halogens is 4. The molecule has 2 N–H and O–H groups in total. The first kappa shape index (κ1) is 17.3. The molecule has 0 aliphatic carbocycles. The predicted molar refractivity (Wildman–Crippen MR) is 74.2 cm³/mol. The number of hydrogen-bond donors (Lipinski definition) is 2. The maximum atomic E-state index is 12.7. The zero-order valence-electron chi connectivity index (χ0n) is 11.9. The van der Waals surface area contributed by atoms with Gasteiger partial charge in [0.2, 0.25) is 5.91 Å². The lowest BCUT2D eigenvalue weighted by atomic mass is 9.99. The molecule has 0 radical (unpaired) electrons. The summed E-state index contributed by atoms with van der Waals surface area (Å²) in [6, 6.07) is -0.233. The third-order valence-corrected chi connectivity index (χ3v) is 3.87. The number of nitrogens with zero attached hydrogens (tertiary/aromatic N) is 2. The number of hydrogen-bond acceptors (Lipinski definition) is 3. The van der Waals surface area contributed by atoms with Gasteiger partial charge >= 0.3 is 12.3 Å². The lowest BCUT2D eigenvalue weighted by Crippen LogP contribution is -2.57. The summed E-state index contributed by atoms with van der Waals surface area (Å²) in [5, 5.41) is 11.3. The lowest BCUT2D eigenvalue weighted by molar-refractivity contribution is -0.141. The van der Waals surface area contributed by atoms with Crippen LogP contribution in [0.4, 0.5) is 18.0 Å². The second-order valence-electron chi connectivity index (χ2n) is 5.08. The Bertz CT molecular complexity index is 628. The maximum Gasteiger partial charge on any atom is 0.433 e. The first-order chi connectivity index (χ1) is 10.6. The molecule has 23 heavy (non-hydrogen) atoms. The number of nitrogens with one attached hydrogen (secondary N) is 1. The lowest BCUT2D eigenvalue weighted by Gasteiger charge is -2.33. The van der Waals surface area contributed by atoms with Crippen LogP contribution in [0, 0.1) is 6.92 Å². The molecule has 1 aliphatic rings. The summed E-state index contributed by atoms with van der Waals surface area (Å²) in [7, 11) is 0. The van der Waals surface area contributed by atoms with Crippen LogP contribution in [0.3, 0.4) is 0 Å². The summed E-state index contributed by atoms with van der Waals surface area (Å²) in [5.74, 6) is -0.519. The molecule has 1 aromatic heterocycles. The van der Waals surface area contributed by atoms with Crippen molar-refractivity contribution in [3.05, 3.63) is 28.0 Å². The summed E-state index contributed by atoms with van der Waals surface area (Å²) in [6.07, 6.45) is -6.06. The van der Waals surface area contributed by atoms with Crippen LogP contribution in [-0.4, -0.2) is 46.1 Å². The smallest absolute Gasteiger partial charge is 0.433 e. The summed E-state index contributed by atoms with van der Waals surface area (Å²) < 4.78 is 38.1. The zero-order chi connectivity index (χ0) is 17.4. The molecule has 1 fully saturated rings. The highest BCUT2D eigenvalue weighted by molar-refractivity contribution is 6.30. The van der Waals surface area contributed by atoms with Crippen LogP contribution >= 0.6 is 11.6 Å². The number of carboxylic acid groups (broad SMARTS) is 1. The van der Waals surface area contributed by atoms with Crippen molar-refractivity contribution in [1.82, 2.24) is 15.2 Å². The molecule has 0 saturated carbocycles. The number of pyridine rings is 1. The Hall–Kier alpha value is -2.03. The zero-order valence-corrected chi connectivity index (χ0v) is 12.7. The first-order valence-electron chi connectivity index (χ1n) is 6.61. The van der Waals surface area contributed by atoms with Crippen molar-refractivity contribution >= 4 is 23.6 Å². The second kappa shape index (κ2) is 6.23. The maximum absolute atomic E-state index is 12.7. The van der Waals surface area contributed by atoms with E-state index in [0.29, 0.717) is 0 Å². The van der Waals surface area contributed by atoms with Crippen molar-refractivity contribution < 1.29 is 27.9 Å². The van der Waals surface area contributed by atoms with Crippen LogP contribution < -0.4 is 5.32 Å². The number of rotatable bonds is 2. The molecule has 2 amide bonds. The third kappa shape index (κ3) is 3.66. The highest BCUT2D eigenvalue weighted by Gasteiger charge is 2.36. The number of amides is 2. The van der Waals surface area contributed by atoms with Gasteiger partial charge in [-0.25, -0.2) is 9.78 Å². The first-order valence-corrected chi connectivity index (χ1v) is 6.99. The van der Waals surface area contributed by atoms with E-state index in [4.69, 9.17) is 16.7 Å². The number of alkyl halides is 3. The van der Waals surface area contributed by atoms with Gasteiger partial charge in [-0.05, 0) is 24.1 Å². The van der Waals surface area contributed by atoms with E-state index in [2.05, 4.69) is 10.3 Å². The standard InChI is InChI=1S/C13H13ClF3N3O3/c1-6-4-9(13(15,16)17)19-10(14)7(6)5-8-11(21)18-2-3-20(8)12(22)23/h4,8H,2-3,5H2,1H3,(H,18,21)(H,22,23)/t8-/m0/s1. The van der Waals surface area contributed by atoms with E-state index in [0.717, 1.165) is 11.0 Å². The number of aryl methyl sites for hydroxylation is 1. The quantitative estimate of drug-likeness (QED) is 0.799. The van der Waals surface area contributed by atoms with Crippen LogP contribution in [0.5, 0.6) is 0 Å². The molecular weight excluding hydrogens is 339 g/mol. The molecule has 1 saturated heterocycles. The van der Waals surface area contributed by atoms with Gasteiger partial charge in [-0.15, -0.1) is 0 Å². The topological polar surface area (TPSA) is 82.5 Å². The van der Waals surface area contributed by atoms with Crippen molar-refractivity contribution in [3.63, 3.8) is 0 Å². The summed E-state index contributed by atoms with van der Waals surface area (Å²) in [6.45, 7) is 1.68. The van der Waals surface area contributed by atoms with Crippen LogP contribution in [0.2, 0.25) is 5.15 Å². The van der Waals surface area contributed by atoms with Crippen LogP contribution in [-0.2, 0) is 17.4 Å². The Morgan fingerprint density at radius 1 is 1.57 bits per heavy atom. The molecule has 0 unspecified atom stereocenters. The Kier molecular flexibility index (Phi) is 4.69. The average molecular weight is 352 g/mol. The Morgan fingerprint density at radius 2 is 2.22 bits per heavy atom. The molecule has 10 heteroatoms. The highest BCUT2D eigenvalue weighted by atomic mass is 35.5. The van der Waals surface area contributed by atoms with Gasteiger partial charge in [0.25, 0.3) is 0 Å². The number of carbonyl (C=O) groups is 2. The summed E-state index contributed by atoms with van der Waals surface area (Å²) in [4.78, 5) is 27.4. The van der Waals surface area contributed by atoms with E-state index >= 15 is 0 Å². The van der Waals surface area contributed by atoms with Crippen molar-refractivity contribution in [2.45, 2.75) is 25.6 Å². The molecule has 1 atom stereocenters. The van der Waals surface area contributed by atoms with Crippen molar-refractivity contribution in [3.8, 4) is 0 Å². The minimum Gasteiger partial charge on any atom is -0.465 e. The fourth-order valence-corrected chi connectivity index (χ4v) is 2.71. The van der Waals surface area contributed by atoms with Gasteiger partial charge in [0.05, 0.1) is 0 Å². The average Bonchev–Trinajstić information content (AvgIpc) is 2.42. The molecule has 1 aliphatic heterocycles. The van der Waals surface area contributed by atoms with Crippen molar-refractivity contribution in [2.75, 3.05) is 13.1 Å². The van der Waals surface area contributed by atoms with Crippen molar-refractivity contribution in [2.24, 2.45) is 0 Å². The second-order valence-corrected chi connectivity index (χ2v) is 5.44. The van der Waals surface area contributed by atoms with Gasteiger partial charge in [0.1, 0.15) is 16.9 Å². The van der Waals surface area contributed by atoms with E-state index in [-0.39, 0.29) is 35.8 Å². The predicted octanol–water partition coefficient (Wildman–Crippen LogP) is 2.08. The molecule has 0 aromatic carbocycles. The number of piperazine rings is 1. The van der Waals surface area contributed by atoms with E-state index in [1.165, 1.54) is 6.92 Å². The fraction of sp³-hybridized carbons (Fsp3) is 0.462. The molecule has 0 spiro atoms. The Labute approximate surface area is 134 Å². The summed E-state index contributed by atoms with van der Waals surface area (Å²) in [5.41, 5.74) is -0.721. The SMILES string of the molecule is Cc1cc(C(F)(F)F)nc(Cl)c1C[C@H]1C(=O)NCCN1C(=O)O. The molecule has 6 nitrogen and oxygen atoms in total. The van der Waals surface area contributed by atoms with Gasteiger partial charge in [-0.2, -0.15) is 13.2 Å². The Balaban J connectivity index is 2.35. The Morgan fingerprint density at radius 3 is 2.74 bits per heavy atom. The van der Waals surface area contributed by atoms with E-state index < -0.39 is 29.9 Å². The van der Waals surface area contributed by atoms with Gasteiger partial charge < -0.3 is 10.4 Å². The van der Waals surface area contributed by atoms with Crippen molar-refractivity contribution in [1.29, 1.82) is 0 Å². The fourth-order valence-electron chi connectivity index (χ4n) is 2.39. The van der Waals surface area contributed by atoms with Gasteiger partial charge in [-0.1, -0.05) is 11.6 Å². The number of aromatic nitrogens is 1. The normalized spacial score (nSPS) is 18.7. The van der Waals surface area contributed by atoms with Crippen LogP contribution in [0.15, 0.2) is 6.07 Å². The monoisotopic (exact) mass is 351 g/mol. The van der Waals surface area contributed by atoms with Crippen LogP contribution in [0.25, 0.3) is 0 Å². The van der Waals surface area contributed by atoms with Crippen LogP contribution in [0.1, 0.15) is 16.8 Å². The van der Waals surface area contributed by atoms with E-state index in [1.807, 2.05) is 0 Å². The van der Waals surface area contributed by atoms with Gasteiger partial charge in [0, 0.05) is 19.5 Å². The molecule has 126 valence electrons. The highest BCUT2D eigenvalue weighted by Crippen LogP contribution is 2.32. The summed E-state index contributed by atoms with van der Waals surface area (Å²) >= 11 is 5.83. The largest absolute Gasteiger partial charge is 0.465 e. The molecular formula is C13H13ClF3N3O3. The molecule has 2 heterocycles. The minimum atomic E-state index is -4.64. The van der Waals surface area contributed by atoms with Gasteiger partial charge in [0.15, 0.2) is 0 Å². The van der Waals surface area contributed by atoms with E-state index in [1.54, 1.807) is 0 Å².